The highest BCUT2D eigenvalue weighted by atomic mass is 16.1. The molecule has 0 unspecified atom stereocenters. The highest BCUT2D eigenvalue weighted by Crippen LogP contribution is 2.09. The van der Waals surface area contributed by atoms with Crippen LogP contribution in [0.2, 0.25) is 0 Å². The third-order valence-electron chi connectivity index (χ3n) is 2.20. The number of pyridine rings is 1. The van der Waals surface area contributed by atoms with Gasteiger partial charge in [0.05, 0.1) is 12.2 Å². The van der Waals surface area contributed by atoms with Crippen molar-refractivity contribution in [3.05, 3.63) is 46.2 Å². The third-order valence-corrected chi connectivity index (χ3v) is 2.20. The molecule has 0 aliphatic heterocycles. The van der Waals surface area contributed by atoms with Crippen molar-refractivity contribution < 1.29 is 4.79 Å². The molecule has 0 amide bonds. The van der Waals surface area contributed by atoms with Crippen LogP contribution in [-0.2, 0) is 6.54 Å². The van der Waals surface area contributed by atoms with Gasteiger partial charge in [0.25, 0.3) is 0 Å². The van der Waals surface area contributed by atoms with E-state index >= 15 is 0 Å². The van der Waals surface area contributed by atoms with Crippen LogP contribution in [0, 0.1) is 0 Å². The minimum Gasteiger partial charge on any atom is -0.306 e. The number of rotatable bonds is 3. The first kappa shape index (κ1) is 10.2. The van der Waals surface area contributed by atoms with Crippen molar-refractivity contribution >= 4 is 11.4 Å². The average Bonchev–Trinajstić information content (AvgIpc) is 2.67. The van der Waals surface area contributed by atoms with Gasteiger partial charge >= 0.3 is 0 Å². The summed E-state index contributed by atoms with van der Waals surface area (Å²) in [6.45, 7) is 1.73. The van der Waals surface area contributed by atoms with E-state index < -0.39 is 0 Å². The zero-order chi connectivity index (χ0) is 11.5. The number of carbonyl (C=O) groups excluding carboxylic acids is 1. The van der Waals surface area contributed by atoms with Gasteiger partial charge in [0.1, 0.15) is 5.65 Å². The maximum atomic E-state index is 11.2. The molecule has 0 radical (unpaired) electrons. The number of azide groups is 1. The second-order valence-electron chi connectivity index (χ2n) is 3.36. The normalized spacial score (nSPS) is 10.1. The van der Waals surface area contributed by atoms with E-state index in [2.05, 4.69) is 15.0 Å². The van der Waals surface area contributed by atoms with E-state index in [9.17, 15) is 4.79 Å². The maximum absolute atomic E-state index is 11.2. The third kappa shape index (κ3) is 1.87. The number of imidazole rings is 1. The Labute approximate surface area is 91.2 Å². The molecule has 0 saturated carbocycles. The highest BCUT2D eigenvalue weighted by molar-refractivity contribution is 5.94. The SMILES string of the molecule is CC(=O)c1ccc2nc(CN=[N+]=[N-])cn2c1. The highest BCUT2D eigenvalue weighted by Gasteiger charge is 2.03. The molecule has 0 aliphatic carbocycles. The number of ketones is 1. The summed E-state index contributed by atoms with van der Waals surface area (Å²) in [4.78, 5) is 18.1. The zero-order valence-electron chi connectivity index (χ0n) is 8.66. The Hall–Kier alpha value is -2.33. The molecular formula is C10H9N5O. The Bertz CT molecular complexity index is 594. The lowest BCUT2D eigenvalue weighted by Crippen LogP contribution is -1.94. The lowest BCUT2D eigenvalue weighted by molar-refractivity contribution is 0.101. The monoisotopic (exact) mass is 215 g/mol. The van der Waals surface area contributed by atoms with Crippen molar-refractivity contribution in [2.45, 2.75) is 13.5 Å². The molecule has 0 bridgehead atoms. The van der Waals surface area contributed by atoms with Gasteiger partial charge < -0.3 is 4.40 Å². The molecular weight excluding hydrogens is 206 g/mol. The first-order chi connectivity index (χ1) is 7.70. The number of aromatic nitrogens is 2. The number of carbonyl (C=O) groups is 1. The van der Waals surface area contributed by atoms with Crippen LogP contribution in [0.3, 0.4) is 0 Å². The van der Waals surface area contributed by atoms with E-state index in [-0.39, 0.29) is 12.3 Å². The molecule has 0 saturated heterocycles. The average molecular weight is 215 g/mol. The predicted molar refractivity (Wildman–Crippen MR) is 58.0 cm³/mol. The summed E-state index contributed by atoms with van der Waals surface area (Å²) in [6.07, 6.45) is 3.46. The second kappa shape index (κ2) is 4.04. The molecule has 6 nitrogen and oxygen atoms in total. The van der Waals surface area contributed by atoms with Crippen LogP contribution in [0.4, 0.5) is 0 Å². The van der Waals surface area contributed by atoms with Crippen LogP contribution in [0.15, 0.2) is 29.6 Å². The molecule has 80 valence electrons. The van der Waals surface area contributed by atoms with Gasteiger partial charge in [0, 0.05) is 22.9 Å². The van der Waals surface area contributed by atoms with Crippen LogP contribution in [-0.4, -0.2) is 15.2 Å². The Morgan fingerprint density at radius 2 is 2.38 bits per heavy atom. The van der Waals surface area contributed by atoms with E-state index in [1.165, 1.54) is 6.92 Å². The van der Waals surface area contributed by atoms with E-state index in [1.54, 1.807) is 28.9 Å². The van der Waals surface area contributed by atoms with Crippen LogP contribution < -0.4 is 0 Å². The van der Waals surface area contributed by atoms with Crippen LogP contribution >= 0.6 is 0 Å². The molecule has 0 spiro atoms. The summed E-state index contributed by atoms with van der Waals surface area (Å²) < 4.78 is 1.75. The molecule has 2 heterocycles. The Morgan fingerprint density at radius 3 is 3.06 bits per heavy atom. The lowest BCUT2D eigenvalue weighted by Gasteiger charge is -1.96. The predicted octanol–water partition coefficient (Wildman–Crippen LogP) is 2.35. The van der Waals surface area contributed by atoms with Gasteiger partial charge in [-0.2, -0.15) is 0 Å². The lowest BCUT2D eigenvalue weighted by atomic mass is 10.2. The largest absolute Gasteiger partial charge is 0.306 e. The molecule has 6 heteroatoms. The van der Waals surface area contributed by atoms with Gasteiger partial charge in [-0.3, -0.25) is 4.79 Å². The van der Waals surface area contributed by atoms with Crippen molar-refractivity contribution in [2.75, 3.05) is 0 Å². The molecule has 0 N–H and O–H groups in total. The number of hydrogen-bond acceptors (Lipinski definition) is 3. The topological polar surface area (TPSA) is 83.1 Å². The first-order valence-corrected chi connectivity index (χ1v) is 4.70. The number of hydrogen-bond donors (Lipinski definition) is 0. The minimum absolute atomic E-state index is 0.00666. The van der Waals surface area contributed by atoms with Crippen LogP contribution in [0.1, 0.15) is 23.0 Å². The molecule has 0 aliphatic rings. The van der Waals surface area contributed by atoms with Gasteiger partial charge in [-0.05, 0) is 24.6 Å². The fourth-order valence-corrected chi connectivity index (χ4v) is 1.43. The summed E-state index contributed by atoms with van der Waals surface area (Å²) in [5, 5.41) is 3.43. The number of fused-ring (bicyclic) bond motifs is 1. The van der Waals surface area contributed by atoms with Crippen LogP contribution in [0.5, 0.6) is 0 Å². The zero-order valence-corrected chi connectivity index (χ0v) is 8.66. The summed E-state index contributed by atoms with van der Waals surface area (Å²) in [5.41, 5.74) is 10.2. The van der Waals surface area contributed by atoms with E-state index in [1.807, 2.05) is 0 Å². The number of nitrogens with zero attached hydrogens (tertiary/aromatic N) is 5. The van der Waals surface area contributed by atoms with Crippen molar-refractivity contribution in [1.29, 1.82) is 0 Å². The van der Waals surface area contributed by atoms with Crippen LogP contribution in [0.25, 0.3) is 16.1 Å². The minimum atomic E-state index is 0.00666. The molecule has 2 aromatic rings. The van der Waals surface area contributed by atoms with Crippen molar-refractivity contribution in [3.8, 4) is 0 Å². The fraction of sp³-hybridized carbons (Fsp3) is 0.200. The van der Waals surface area contributed by atoms with Gasteiger partial charge in [-0.25, -0.2) is 4.98 Å². The van der Waals surface area contributed by atoms with Gasteiger partial charge in [-0.1, -0.05) is 5.11 Å². The van der Waals surface area contributed by atoms with Gasteiger partial charge in [-0.15, -0.1) is 0 Å². The maximum Gasteiger partial charge on any atom is 0.161 e. The van der Waals surface area contributed by atoms with E-state index in [4.69, 9.17) is 5.53 Å². The first-order valence-electron chi connectivity index (χ1n) is 4.70. The van der Waals surface area contributed by atoms with Crippen molar-refractivity contribution in [3.63, 3.8) is 0 Å². The summed E-state index contributed by atoms with van der Waals surface area (Å²) in [5.74, 6) is 0.00666. The van der Waals surface area contributed by atoms with Crippen molar-refractivity contribution in [1.82, 2.24) is 9.38 Å². The fourth-order valence-electron chi connectivity index (χ4n) is 1.43. The smallest absolute Gasteiger partial charge is 0.161 e. The standard InChI is InChI=1S/C10H9N5O/c1-7(16)8-2-3-10-13-9(4-12-14-11)6-15(10)5-8/h2-3,5-6H,4H2,1H3. The molecule has 0 aromatic carbocycles. The summed E-state index contributed by atoms with van der Waals surface area (Å²) >= 11 is 0. The van der Waals surface area contributed by atoms with Crippen molar-refractivity contribution in [2.24, 2.45) is 5.11 Å². The molecule has 16 heavy (non-hydrogen) atoms. The Kier molecular flexibility index (Phi) is 2.57. The van der Waals surface area contributed by atoms with Gasteiger partial charge in [0.15, 0.2) is 5.78 Å². The Morgan fingerprint density at radius 1 is 1.56 bits per heavy atom. The van der Waals surface area contributed by atoms with E-state index in [0.29, 0.717) is 11.3 Å². The quantitative estimate of drug-likeness (QED) is 0.340. The molecule has 2 rings (SSSR count). The second-order valence-corrected chi connectivity index (χ2v) is 3.36. The van der Waals surface area contributed by atoms with Gasteiger partial charge in [0.2, 0.25) is 0 Å². The molecule has 0 fully saturated rings. The molecule has 0 atom stereocenters. The van der Waals surface area contributed by atoms with E-state index in [0.717, 1.165) is 5.65 Å². The Balaban J connectivity index is 2.45. The number of Topliss-reactive ketones (excluding diaryl/α,β-unsaturated/α-hetero) is 1. The summed E-state index contributed by atoms with van der Waals surface area (Å²) in [6, 6.07) is 3.48. The summed E-state index contributed by atoms with van der Waals surface area (Å²) in [7, 11) is 0. The molecule has 2 aromatic heterocycles.